The van der Waals surface area contributed by atoms with Gasteiger partial charge in [-0.05, 0) is 31.8 Å². The van der Waals surface area contributed by atoms with Gasteiger partial charge >= 0.3 is 0 Å². The van der Waals surface area contributed by atoms with Crippen molar-refractivity contribution in [2.75, 3.05) is 18.8 Å². The van der Waals surface area contributed by atoms with Crippen LogP contribution in [0.5, 0.6) is 0 Å². The first kappa shape index (κ1) is 13.6. The molecule has 16 heavy (non-hydrogen) atoms. The Kier molecular flexibility index (Phi) is 6.57. The van der Waals surface area contributed by atoms with E-state index in [2.05, 4.69) is 28.7 Å². The maximum Gasteiger partial charge on any atom is 0.167 e. The van der Waals surface area contributed by atoms with Gasteiger partial charge in [0.05, 0.1) is 0 Å². The first-order valence-electron chi connectivity index (χ1n) is 6.01. The molecule has 3 nitrogen and oxygen atoms in total. The lowest BCUT2D eigenvalue weighted by atomic mass is 10.2. The van der Waals surface area contributed by atoms with Crippen LogP contribution in [0.15, 0.2) is 17.6 Å². The van der Waals surface area contributed by atoms with Crippen LogP contribution in [0.4, 0.5) is 0 Å². The summed E-state index contributed by atoms with van der Waals surface area (Å²) in [7, 11) is 2.04. The van der Waals surface area contributed by atoms with E-state index in [1.165, 1.54) is 12.8 Å². The summed E-state index contributed by atoms with van der Waals surface area (Å²) in [5, 5.41) is 4.58. The molecular weight excluding hydrogens is 218 g/mol. The summed E-state index contributed by atoms with van der Waals surface area (Å²) in [4.78, 5) is 4.28. The van der Waals surface area contributed by atoms with Crippen molar-refractivity contribution in [1.82, 2.24) is 14.9 Å². The van der Waals surface area contributed by atoms with Gasteiger partial charge in [0.15, 0.2) is 5.16 Å². The minimum Gasteiger partial charge on any atom is -0.329 e. The van der Waals surface area contributed by atoms with Crippen molar-refractivity contribution in [3.8, 4) is 0 Å². The van der Waals surface area contributed by atoms with Crippen LogP contribution >= 0.6 is 11.8 Å². The predicted octanol–water partition coefficient (Wildman–Crippen LogP) is 2.54. The molecule has 0 aliphatic rings. The SMILES string of the molecule is CC(C)CNCCCCSc1nccn1C. The fourth-order valence-corrected chi connectivity index (χ4v) is 2.33. The Morgan fingerprint density at radius 3 is 2.88 bits per heavy atom. The first-order valence-corrected chi connectivity index (χ1v) is 6.99. The summed E-state index contributed by atoms with van der Waals surface area (Å²) in [5.41, 5.74) is 0. The third-order valence-corrected chi connectivity index (χ3v) is 3.45. The fraction of sp³-hybridized carbons (Fsp3) is 0.750. The van der Waals surface area contributed by atoms with E-state index >= 15 is 0 Å². The number of aromatic nitrogens is 2. The van der Waals surface area contributed by atoms with Crippen LogP contribution in [0.1, 0.15) is 26.7 Å². The molecule has 1 N–H and O–H groups in total. The van der Waals surface area contributed by atoms with Crippen molar-refractivity contribution in [2.24, 2.45) is 13.0 Å². The molecule has 0 aromatic carbocycles. The van der Waals surface area contributed by atoms with Crippen LogP contribution in [0.25, 0.3) is 0 Å². The highest BCUT2D eigenvalue weighted by Gasteiger charge is 1.99. The van der Waals surface area contributed by atoms with Gasteiger partial charge in [-0.15, -0.1) is 0 Å². The van der Waals surface area contributed by atoms with Gasteiger partial charge in [-0.2, -0.15) is 0 Å². The Bertz CT molecular complexity index is 284. The number of hydrogen-bond donors (Lipinski definition) is 1. The van der Waals surface area contributed by atoms with Crippen molar-refractivity contribution in [3.63, 3.8) is 0 Å². The third-order valence-electron chi connectivity index (χ3n) is 2.31. The molecule has 0 atom stereocenters. The summed E-state index contributed by atoms with van der Waals surface area (Å²) in [5.74, 6) is 1.91. The van der Waals surface area contributed by atoms with Crippen molar-refractivity contribution < 1.29 is 0 Å². The molecule has 0 fully saturated rings. The molecule has 0 spiro atoms. The Morgan fingerprint density at radius 2 is 2.25 bits per heavy atom. The molecule has 0 bridgehead atoms. The Balaban J connectivity index is 1.94. The molecule has 0 amide bonds. The van der Waals surface area contributed by atoms with Gasteiger partial charge in [-0.25, -0.2) is 4.98 Å². The van der Waals surface area contributed by atoms with E-state index in [4.69, 9.17) is 0 Å². The molecule has 92 valence electrons. The number of thioether (sulfide) groups is 1. The monoisotopic (exact) mass is 241 g/mol. The molecule has 1 heterocycles. The molecular formula is C12H23N3S. The number of nitrogens with zero attached hydrogens (tertiary/aromatic N) is 2. The Hall–Kier alpha value is -0.480. The zero-order valence-corrected chi connectivity index (χ0v) is 11.4. The van der Waals surface area contributed by atoms with Gasteiger partial charge in [0.25, 0.3) is 0 Å². The molecule has 0 saturated carbocycles. The maximum absolute atomic E-state index is 4.28. The first-order chi connectivity index (χ1) is 7.70. The van der Waals surface area contributed by atoms with E-state index in [-0.39, 0.29) is 0 Å². The number of rotatable bonds is 8. The van der Waals surface area contributed by atoms with Crippen molar-refractivity contribution in [2.45, 2.75) is 31.8 Å². The van der Waals surface area contributed by atoms with Gasteiger partial charge in [-0.3, -0.25) is 0 Å². The highest BCUT2D eigenvalue weighted by molar-refractivity contribution is 7.99. The minimum absolute atomic E-state index is 0.752. The van der Waals surface area contributed by atoms with Crippen molar-refractivity contribution >= 4 is 11.8 Å². The fourth-order valence-electron chi connectivity index (χ4n) is 1.40. The summed E-state index contributed by atoms with van der Waals surface area (Å²) < 4.78 is 2.07. The summed E-state index contributed by atoms with van der Waals surface area (Å²) in [6, 6.07) is 0. The lowest BCUT2D eigenvalue weighted by molar-refractivity contribution is 0.541. The molecule has 1 rings (SSSR count). The van der Waals surface area contributed by atoms with Crippen LogP contribution in [0.2, 0.25) is 0 Å². The van der Waals surface area contributed by atoms with E-state index in [1.54, 1.807) is 0 Å². The van der Waals surface area contributed by atoms with Crippen LogP contribution in [0.3, 0.4) is 0 Å². The zero-order chi connectivity index (χ0) is 11.8. The largest absolute Gasteiger partial charge is 0.329 e. The average molecular weight is 241 g/mol. The van der Waals surface area contributed by atoms with Gasteiger partial charge in [0.1, 0.15) is 0 Å². The van der Waals surface area contributed by atoms with Crippen molar-refractivity contribution in [3.05, 3.63) is 12.4 Å². The third kappa shape index (κ3) is 5.56. The van der Waals surface area contributed by atoms with Crippen LogP contribution in [0, 0.1) is 5.92 Å². The normalized spacial score (nSPS) is 11.2. The van der Waals surface area contributed by atoms with E-state index in [0.717, 1.165) is 29.9 Å². The maximum atomic E-state index is 4.28. The molecule has 0 radical (unpaired) electrons. The van der Waals surface area contributed by atoms with Gasteiger partial charge < -0.3 is 9.88 Å². The highest BCUT2D eigenvalue weighted by atomic mass is 32.2. The number of imidazole rings is 1. The second kappa shape index (κ2) is 7.74. The summed E-state index contributed by atoms with van der Waals surface area (Å²) in [6.07, 6.45) is 6.35. The summed E-state index contributed by atoms with van der Waals surface area (Å²) in [6.45, 7) is 6.75. The second-order valence-corrected chi connectivity index (χ2v) is 5.54. The smallest absolute Gasteiger partial charge is 0.167 e. The van der Waals surface area contributed by atoms with Crippen LogP contribution < -0.4 is 5.32 Å². The molecule has 1 aromatic heterocycles. The Morgan fingerprint density at radius 1 is 1.44 bits per heavy atom. The van der Waals surface area contributed by atoms with Crippen LogP contribution in [-0.4, -0.2) is 28.4 Å². The average Bonchev–Trinajstić information content (AvgIpc) is 2.62. The number of unbranched alkanes of at least 4 members (excludes halogenated alkanes) is 1. The molecule has 0 aliphatic heterocycles. The minimum atomic E-state index is 0.752. The van der Waals surface area contributed by atoms with Crippen LogP contribution in [-0.2, 0) is 7.05 Å². The predicted molar refractivity (Wildman–Crippen MR) is 70.9 cm³/mol. The second-order valence-electron chi connectivity index (χ2n) is 4.47. The number of nitrogens with one attached hydrogen (secondary N) is 1. The highest BCUT2D eigenvalue weighted by Crippen LogP contribution is 2.15. The van der Waals surface area contributed by atoms with E-state index in [1.807, 2.05) is 31.2 Å². The molecule has 4 heteroatoms. The van der Waals surface area contributed by atoms with E-state index in [0.29, 0.717) is 0 Å². The molecule has 0 unspecified atom stereocenters. The lowest BCUT2D eigenvalue weighted by Crippen LogP contribution is -2.20. The quantitative estimate of drug-likeness (QED) is 0.560. The van der Waals surface area contributed by atoms with E-state index < -0.39 is 0 Å². The molecule has 0 saturated heterocycles. The van der Waals surface area contributed by atoms with Gasteiger partial charge in [-0.1, -0.05) is 25.6 Å². The summed E-state index contributed by atoms with van der Waals surface area (Å²) >= 11 is 1.84. The van der Waals surface area contributed by atoms with Crippen molar-refractivity contribution in [1.29, 1.82) is 0 Å². The topological polar surface area (TPSA) is 29.9 Å². The Labute approximate surface area is 103 Å². The zero-order valence-electron chi connectivity index (χ0n) is 10.6. The molecule has 0 aliphatic carbocycles. The van der Waals surface area contributed by atoms with Gasteiger partial charge in [0, 0.05) is 25.2 Å². The lowest BCUT2D eigenvalue weighted by Gasteiger charge is -2.06. The van der Waals surface area contributed by atoms with E-state index in [9.17, 15) is 0 Å². The number of aryl methyl sites for hydroxylation is 1. The number of hydrogen-bond acceptors (Lipinski definition) is 3. The standard InChI is InChI=1S/C12H23N3S/c1-11(2)10-13-6-4-5-9-16-12-14-7-8-15(12)3/h7-8,11,13H,4-6,9-10H2,1-3H3. The van der Waals surface area contributed by atoms with Gasteiger partial charge in [0.2, 0.25) is 0 Å². The molecule has 1 aromatic rings.